The predicted molar refractivity (Wildman–Crippen MR) is 69.5 cm³/mol. The summed E-state index contributed by atoms with van der Waals surface area (Å²) < 4.78 is 1.68. The normalized spacial score (nSPS) is 11.5. The van der Waals surface area contributed by atoms with Gasteiger partial charge in [0.15, 0.2) is 5.69 Å². The van der Waals surface area contributed by atoms with Gasteiger partial charge in [0.05, 0.1) is 5.52 Å². The van der Waals surface area contributed by atoms with Crippen molar-refractivity contribution in [3.8, 4) is 5.88 Å². The lowest BCUT2D eigenvalue weighted by molar-refractivity contribution is -0.116. The average Bonchev–Trinajstić information content (AvgIpc) is 2.57. The fourth-order valence-corrected chi connectivity index (χ4v) is 2.01. The molecule has 0 aliphatic carbocycles. The van der Waals surface area contributed by atoms with Crippen LogP contribution in [0.25, 0.3) is 10.9 Å². The van der Waals surface area contributed by atoms with E-state index in [2.05, 4.69) is 10.2 Å². The minimum Gasteiger partial charge on any atom is -0.493 e. The van der Waals surface area contributed by atoms with Crippen LogP contribution >= 0.6 is 11.6 Å². The minimum atomic E-state index is -0.422. The number of hydrogen-bond donors (Lipinski definition) is 1. The van der Waals surface area contributed by atoms with Gasteiger partial charge in [-0.1, -0.05) is 11.6 Å². The minimum absolute atomic E-state index is 0.0141. The van der Waals surface area contributed by atoms with E-state index in [1.54, 1.807) is 22.8 Å². The molecular weight excluding hydrogens is 254 g/mol. The quantitative estimate of drug-likeness (QED) is 0.842. The van der Waals surface area contributed by atoms with Gasteiger partial charge in [-0.15, -0.1) is 10.2 Å². The lowest BCUT2D eigenvalue weighted by Crippen LogP contribution is -1.91. The second-order valence-electron chi connectivity index (χ2n) is 3.80. The Kier molecular flexibility index (Phi) is 3.34. The predicted octanol–water partition coefficient (Wildman–Crippen LogP) is 3.65. The van der Waals surface area contributed by atoms with Crippen molar-refractivity contribution in [3.05, 3.63) is 23.2 Å². The first-order chi connectivity index (χ1) is 8.54. The monoisotopic (exact) mass is 265 g/mol. The highest BCUT2D eigenvalue weighted by Gasteiger charge is 2.16. The molecular formula is C12H12ClN3O2. The Labute approximate surface area is 109 Å². The standard InChI is InChI=1S/C12H12ClN3O2/c1-3-16-10-5-4-8(13)6-9(10)11(12(16)18)15-14-7(2)17/h4-6,18H,3H2,1-2H3. The number of benzene rings is 1. The number of fused-ring (bicyclic) bond motifs is 1. The number of amides is 1. The molecule has 5 nitrogen and oxygen atoms in total. The summed E-state index contributed by atoms with van der Waals surface area (Å²) in [6.45, 7) is 3.78. The van der Waals surface area contributed by atoms with Gasteiger partial charge in [0.1, 0.15) is 0 Å². The largest absolute Gasteiger partial charge is 0.493 e. The summed E-state index contributed by atoms with van der Waals surface area (Å²) in [5, 5.41) is 18.5. The molecule has 1 aromatic carbocycles. The Hall–Kier alpha value is -1.88. The van der Waals surface area contributed by atoms with E-state index in [1.165, 1.54) is 6.92 Å². The fraction of sp³-hybridized carbons (Fsp3) is 0.250. The van der Waals surface area contributed by atoms with Gasteiger partial charge in [-0.3, -0.25) is 4.79 Å². The van der Waals surface area contributed by atoms with Crippen molar-refractivity contribution in [1.29, 1.82) is 0 Å². The number of aromatic hydroxyl groups is 1. The zero-order valence-corrected chi connectivity index (χ0v) is 10.8. The van der Waals surface area contributed by atoms with Crippen molar-refractivity contribution in [3.63, 3.8) is 0 Å². The zero-order chi connectivity index (χ0) is 13.3. The molecule has 94 valence electrons. The van der Waals surface area contributed by atoms with E-state index >= 15 is 0 Å². The second-order valence-corrected chi connectivity index (χ2v) is 4.23. The molecule has 2 rings (SSSR count). The number of azo groups is 1. The molecule has 0 radical (unpaired) electrons. The Morgan fingerprint density at radius 3 is 2.83 bits per heavy atom. The molecule has 0 saturated heterocycles. The maximum atomic E-state index is 10.8. The van der Waals surface area contributed by atoms with Gasteiger partial charge in [-0.05, 0) is 25.1 Å². The highest BCUT2D eigenvalue weighted by Crippen LogP contribution is 2.39. The molecule has 0 atom stereocenters. The third-order valence-electron chi connectivity index (χ3n) is 2.58. The highest BCUT2D eigenvalue weighted by atomic mass is 35.5. The molecule has 18 heavy (non-hydrogen) atoms. The van der Waals surface area contributed by atoms with E-state index in [0.29, 0.717) is 17.0 Å². The highest BCUT2D eigenvalue weighted by molar-refractivity contribution is 6.31. The SMILES string of the molecule is CCn1c(O)c(N=NC(C)=O)c2cc(Cl)ccc21. The Balaban J connectivity index is 2.74. The number of hydrogen-bond acceptors (Lipinski definition) is 3. The van der Waals surface area contributed by atoms with Crippen molar-refractivity contribution in [2.45, 2.75) is 20.4 Å². The summed E-state index contributed by atoms with van der Waals surface area (Å²) in [5.41, 5.74) is 1.07. The number of rotatable bonds is 2. The summed E-state index contributed by atoms with van der Waals surface area (Å²) in [6, 6.07) is 5.23. The number of carbonyl (C=O) groups is 1. The molecule has 1 heterocycles. The zero-order valence-electron chi connectivity index (χ0n) is 10.0. The van der Waals surface area contributed by atoms with Crippen molar-refractivity contribution in [2.24, 2.45) is 10.2 Å². The molecule has 0 unspecified atom stereocenters. The first-order valence-electron chi connectivity index (χ1n) is 5.47. The molecule has 0 spiro atoms. The van der Waals surface area contributed by atoms with Gasteiger partial charge in [0.2, 0.25) is 5.88 Å². The molecule has 0 saturated carbocycles. The van der Waals surface area contributed by atoms with Crippen molar-refractivity contribution in [1.82, 2.24) is 4.57 Å². The molecule has 2 aromatic rings. The van der Waals surface area contributed by atoms with Crippen LogP contribution in [0.5, 0.6) is 5.88 Å². The first kappa shape index (κ1) is 12.6. The lowest BCUT2D eigenvalue weighted by Gasteiger charge is -2.01. The van der Waals surface area contributed by atoms with Crippen molar-refractivity contribution >= 4 is 34.1 Å². The van der Waals surface area contributed by atoms with E-state index in [4.69, 9.17) is 11.6 Å². The van der Waals surface area contributed by atoms with Crippen LogP contribution in [0.4, 0.5) is 5.69 Å². The van der Waals surface area contributed by atoms with Crippen molar-refractivity contribution in [2.75, 3.05) is 0 Å². The van der Waals surface area contributed by atoms with Gasteiger partial charge >= 0.3 is 0 Å². The van der Waals surface area contributed by atoms with E-state index in [1.807, 2.05) is 6.92 Å². The van der Waals surface area contributed by atoms with Crippen molar-refractivity contribution < 1.29 is 9.90 Å². The number of carbonyl (C=O) groups excluding carboxylic acids is 1. The maximum absolute atomic E-state index is 10.8. The van der Waals surface area contributed by atoms with Crippen LogP contribution in [0.15, 0.2) is 28.4 Å². The van der Waals surface area contributed by atoms with Crippen LogP contribution in [-0.2, 0) is 11.3 Å². The Morgan fingerprint density at radius 2 is 2.22 bits per heavy atom. The third-order valence-corrected chi connectivity index (χ3v) is 2.81. The smallest absolute Gasteiger partial charge is 0.261 e. The summed E-state index contributed by atoms with van der Waals surface area (Å²) in [6.07, 6.45) is 0. The Morgan fingerprint density at radius 1 is 1.50 bits per heavy atom. The number of halogens is 1. The molecule has 0 aliphatic rings. The van der Waals surface area contributed by atoms with Gasteiger partial charge in [-0.25, -0.2) is 0 Å². The van der Waals surface area contributed by atoms with Crippen LogP contribution in [0, 0.1) is 0 Å². The van der Waals surface area contributed by atoms with Gasteiger partial charge in [-0.2, -0.15) is 0 Å². The summed E-state index contributed by atoms with van der Waals surface area (Å²) in [4.78, 5) is 10.8. The van der Waals surface area contributed by atoms with Crippen LogP contribution in [0.3, 0.4) is 0 Å². The van der Waals surface area contributed by atoms with E-state index in [-0.39, 0.29) is 11.6 Å². The van der Waals surface area contributed by atoms with Gasteiger partial charge in [0.25, 0.3) is 5.91 Å². The average molecular weight is 266 g/mol. The van der Waals surface area contributed by atoms with E-state index in [0.717, 1.165) is 5.52 Å². The number of aryl methyl sites for hydroxylation is 1. The fourth-order valence-electron chi connectivity index (χ4n) is 1.83. The lowest BCUT2D eigenvalue weighted by atomic mass is 10.2. The molecule has 1 amide bonds. The van der Waals surface area contributed by atoms with E-state index < -0.39 is 5.91 Å². The summed E-state index contributed by atoms with van der Waals surface area (Å²) in [7, 11) is 0. The molecule has 0 aliphatic heterocycles. The second kappa shape index (κ2) is 4.78. The van der Waals surface area contributed by atoms with Crippen LogP contribution < -0.4 is 0 Å². The van der Waals surface area contributed by atoms with Crippen LogP contribution in [0.1, 0.15) is 13.8 Å². The maximum Gasteiger partial charge on any atom is 0.261 e. The first-order valence-corrected chi connectivity index (χ1v) is 5.85. The molecule has 6 heteroatoms. The van der Waals surface area contributed by atoms with Gasteiger partial charge < -0.3 is 9.67 Å². The van der Waals surface area contributed by atoms with Gasteiger partial charge in [0, 0.05) is 23.9 Å². The summed E-state index contributed by atoms with van der Waals surface area (Å²) >= 11 is 5.93. The topological polar surface area (TPSA) is 66.9 Å². The van der Waals surface area contributed by atoms with E-state index in [9.17, 15) is 9.90 Å². The molecule has 0 bridgehead atoms. The third kappa shape index (κ3) is 2.09. The Bertz CT molecular complexity index is 646. The molecule has 1 N–H and O–H groups in total. The molecule has 0 fully saturated rings. The summed E-state index contributed by atoms with van der Waals surface area (Å²) in [5.74, 6) is -0.436. The van der Waals surface area contributed by atoms with Crippen LogP contribution in [0.2, 0.25) is 5.02 Å². The molecule has 1 aromatic heterocycles. The number of nitrogens with zero attached hydrogens (tertiary/aromatic N) is 3. The van der Waals surface area contributed by atoms with Crippen LogP contribution in [-0.4, -0.2) is 15.6 Å². The number of aromatic nitrogens is 1.